The largest absolute Gasteiger partial charge is 0.319 e. The average Bonchev–Trinajstić information content (AvgIpc) is 2.14. The first-order valence-electron chi connectivity index (χ1n) is 4.95. The fourth-order valence-electron chi connectivity index (χ4n) is 1.28. The lowest BCUT2D eigenvalue weighted by atomic mass is 9.99. The first-order chi connectivity index (χ1) is 7.20. The summed E-state index contributed by atoms with van der Waals surface area (Å²) < 4.78 is 23.6. The lowest BCUT2D eigenvalue weighted by Crippen LogP contribution is -2.38. The smallest absolute Gasteiger partial charge is 0.210 e. The van der Waals surface area contributed by atoms with Crippen molar-refractivity contribution in [2.75, 3.05) is 33.4 Å². The van der Waals surface area contributed by atoms with E-state index in [9.17, 15) is 13.2 Å². The summed E-state index contributed by atoms with van der Waals surface area (Å²) in [4.78, 5) is 11.7. The second-order valence-electron chi connectivity index (χ2n) is 3.94. The van der Waals surface area contributed by atoms with Gasteiger partial charge in [-0.15, -0.1) is 0 Å². The number of rotatable bonds is 7. The highest BCUT2D eigenvalue weighted by Gasteiger charge is 2.23. The van der Waals surface area contributed by atoms with Crippen molar-refractivity contribution in [2.45, 2.75) is 6.92 Å². The number of carbonyl (C=O) groups is 1. The number of hydrogen-bond acceptors (Lipinski definition) is 4. The van der Waals surface area contributed by atoms with E-state index in [2.05, 4.69) is 11.9 Å². The lowest BCUT2D eigenvalue weighted by molar-refractivity contribution is -0.119. The van der Waals surface area contributed by atoms with Gasteiger partial charge >= 0.3 is 0 Å². The fourth-order valence-corrected chi connectivity index (χ4v) is 1.73. The second kappa shape index (κ2) is 6.12. The van der Waals surface area contributed by atoms with Crippen molar-refractivity contribution in [1.82, 2.24) is 9.62 Å². The summed E-state index contributed by atoms with van der Waals surface area (Å²) in [6, 6.07) is 0. The Kier molecular flexibility index (Phi) is 5.85. The van der Waals surface area contributed by atoms with Crippen LogP contribution >= 0.6 is 0 Å². The second-order valence-corrected chi connectivity index (χ2v) is 6.03. The Morgan fingerprint density at radius 1 is 1.50 bits per heavy atom. The molecule has 0 amide bonds. The van der Waals surface area contributed by atoms with E-state index in [4.69, 9.17) is 0 Å². The molecule has 1 atom stereocenters. The van der Waals surface area contributed by atoms with Gasteiger partial charge < -0.3 is 5.32 Å². The third-order valence-corrected chi connectivity index (χ3v) is 3.57. The monoisotopic (exact) mass is 248 g/mol. The van der Waals surface area contributed by atoms with Crippen LogP contribution in [0.15, 0.2) is 12.2 Å². The van der Waals surface area contributed by atoms with Crippen LogP contribution < -0.4 is 5.32 Å². The first kappa shape index (κ1) is 15.3. The van der Waals surface area contributed by atoms with Gasteiger partial charge in [-0.2, -0.15) is 0 Å². The zero-order chi connectivity index (χ0) is 12.9. The van der Waals surface area contributed by atoms with Crippen LogP contribution in [-0.2, 0) is 14.8 Å². The molecule has 0 saturated carbocycles. The molecule has 0 aromatic rings. The van der Waals surface area contributed by atoms with Crippen molar-refractivity contribution in [3.8, 4) is 0 Å². The molecule has 1 N–H and O–H groups in total. The van der Waals surface area contributed by atoms with Crippen molar-refractivity contribution >= 4 is 15.8 Å². The van der Waals surface area contributed by atoms with Crippen LogP contribution in [0, 0.1) is 5.92 Å². The molecule has 1 unspecified atom stereocenters. The summed E-state index contributed by atoms with van der Waals surface area (Å²) in [5.41, 5.74) is 0.446. The molecule has 0 saturated heterocycles. The van der Waals surface area contributed by atoms with Crippen LogP contribution in [0.5, 0.6) is 0 Å². The summed E-state index contributed by atoms with van der Waals surface area (Å²) in [5.74, 6) is -0.493. The third kappa shape index (κ3) is 4.87. The third-order valence-electron chi connectivity index (χ3n) is 2.29. The topological polar surface area (TPSA) is 66.5 Å². The fraction of sp³-hybridized carbons (Fsp3) is 0.700. The number of Topliss-reactive ketones (excluding diaryl/α,β-unsaturated/α-hetero) is 1. The van der Waals surface area contributed by atoms with Crippen LogP contribution in [-0.4, -0.2) is 51.9 Å². The molecule has 0 aromatic heterocycles. The maximum Gasteiger partial charge on any atom is 0.210 e. The molecule has 6 heteroatoms. The van der Waals surface area contributed by atoms with Crippen molar-refractivity contribution in [2.24, 2.45) is 5.92 Å². The standard InChI is InChI=1S/C10H20N2O3S/c1-8(2)10(13)9(6-11-3)7-12(4)16(5,14)15/h9,11H,1,6-7H2,2-5H3. The number of allylic oxidation sites excluding steroid dienone is 1. The molecule has 0 radical (unpaired) electrons. The molecule has 16 heavy (non-hydrogen) atoms. The van der Waals surface area contributed by atoms with Crippen molar-refractivity contribution in [3.05, 3.63) is 12.2 Å². The summed E-state index contributed by atoms with van der Waals surface area (Å²) in [6.45, 7) is 5.82. The number of carbonyl (C=O) groups excluding carboxylic acids is 1. The molecule has 0 aliphatic heterocycles. The molecule has 0 aliphatic carbocycles. The number of nitrogens with one attached hydrogen (secondary N) is 1. The van der Waals surface area contributed by atoms with Gasteiger partial charge in [0.25, 0.3) is 0 Å². The summed E-state index contributed by atoms with van der Waals surface area (Å²) in [5, 5.41) is 2.88. The van der Waals surface area contributed by atoms with E-state index >= 15 is 0 Å². The number of nitrogens with zero attached hydrogens (tertiary/aromatic N) is 1. The highest BCUT2D eigenvalue weighted by atomic mass is 32.2. The number of sulfonamides is 1. The molecule has 0 aliphatic rings. The zero-order valence-corrected chi connectivity index (χ0v) is 11.1. The lowest BCUT2D eigenvalue weighted by Gasteiger charge is -2.21. The van der Waals surface area contributed by atoms with Gasteiger partial charge in [0.1, 0.15) is 0 Å². The van der Waals surface area contributed by atoms with Crippen molar-refractivity contribution in [3.63, 3.8) is 0 Å². The van der Waals surface area contributed by atoms with E-state index in [-0.39, 0.29) is 18.2 Å². The van der Waals surface area contributed by atoms with Crippen LogP contribution in [0.2, 0.25) is 0 Å². The Labute approximate surface area is 97.6 Å². The summed E-state index contributed by atoms with van der Waals surface area (Å²) >= 11 is 0. The van der Waals surface area contributed by atoms with E-state index in [1.54, 1.807) is 14.0 Å². The van der Waals surface area contributed by atoms with Crippen LogP contribution in [0.3, 0.4) is 0 Å². The van der Waals surface area contributed by atoms with Crippen LogP contribution in [0.1, 0.15) is 6.92 Å². The van der Waals surface area contributed by atoms with Gasteiger partial charge in [0, 0.05) is 26.1 Å². The van der Waals surface area contributed by atoms with Crippen molar-refractivity contribution in [1.29, 1.82) is 0 Å². The SMILES string of the molecule is C=C(C)C(=O)C(CNC)CN(C)S(C)(=O)=O. The predicted octanol–water partition coefficient (Wildman–Crippen LogP) is -0.141. The Morgan fingerprint density at radius 3 is 2.31 bits per heavy atom. The quantitative estimate of drug-likeness (QED) is 0.637. The minimum Gasteiger partial charge on any atom is -0.319 e. The van der Waals surface area contributed by atoms with Gasteiger partial charge in [-0.05, 0) is 19.5 Å². The Bertz CT molecular complexity index is 362. The zero-order valence-electron chi connectivity index (χ0n) is 10.3. The molecule has 0 fully saturated rings. The molecule has 0 bridgehead atoms. The molecule has 0 spiro atoms. The normalized spacial score (nSPS) is 13.8. The van der Waals surface area contributed by atoms with Crippen LogP contribution in [0.4, 0.5) is 0 Å². The predicted molar refractivity (Wildman–Crippen MR) is 64.7 cm³/mol. The maximum atomic E-state index is 11.7. The highest BCUT2D eigenvalue weighted by Crippen LogP contribution is 2.08. The highest BCUT2D eigenvalue weighted by molar-refractivity contribution is 7.88. The van der Waals surface area contributed by atoms with Gasteiger partial charge in [-0.25, -0.2) is 12.7 Å². The summed E-state index contributed by atoms with van der Waals surface area (Å²) in [7, 11) is -0.0684. The van der Waals surface area contributed by atoms with E-state index in [1.165, 1.54) is 11.4 Å². The average molecular weight is 248 g/mol. The van der Waals surface area contributed by atoms with E-state index in [0.29, 0.717) is 12.1 Å². The minimum atomic E-state index is -3.25. The first-order valence-corrected chi connectivity index (χ1v) is 6.80. The van der Waals surface area contributed by atoms with E-state index < -0.39 is 10.0 Å². The van der Waals surface area contributed by atoms with Gasteiger partial charge in [0.05, 0.1) is 6.26 Å². The van der Waals surface area contributed by atoms with Gasteiger partial charge in [-0.1, -0.05) is 6.58 Å². The Hall–Kier alpha value is -0.720. The molecule has 0 rings (SSSR count). The minimum absolute atomic E-state index is 0.107. The Morgan fingerprint density at radius 2 is 2.00 bits per heavy atom. The van der Waals surface area contributed by atoms with Crippen LogP contribution in [0.25, 0.3) is 0 Å². The maximum absolute atomic E-state index is 11.7. The van der Waals surface area contributed by atoms with Gasteiger partial charge in [-0.3, -0.25) is 4.79 Å². The molecular weight excluding hydrogens is 228 g/mol. The number of ketones is 1. The molecule has 5 nitrogen and oxygen atoms in total. The Balaban J connectivity index is 4.70. The van der Waals surface area contributed by atoms with Gasteiger partial charge in [0.15, 0.2) is 5.78 Å². The van der Waals surface area contributed by atoms with Crippen molar-refractivity contribution < 1.29 is 13.2 Å². The molecule has 94 valence electrons. The molecule has 0 heterocycles. The number of hydrogen-bond donors (Lipinski definition) is 1. The molecular formula is C10H20N2O3S. The summed E-state index contributed by atoms with van der Waals surface area (Å²) in [6.07, 6.45) is 1.12. The molecule has 0 aromatic carbocycles. The van der Waals surface area contributed by atoms with E-state index in [1.807, 2.05) is 0 Å². The van der Waals surface area contributed by atoms with Gasteiger partial charge in [0.2, 0.25) is 10.0 Å². The van der Waals surface area contributed by atoms with E-state index in [0.717, 1.165) is 6.26 Å².